The van der Waals surface area contributed by atoms with Crippen molar-refractivity contribution in [3.63, 3.8) is 0 Å². The Balaban J connectivity index is 1.64. The van der Waals surface area contributed by atoms with Gasteiger partial charge in [0.1, 0.15) is 18.0 Å². The van der Waals surface area contributed by atoms with Gasteiger partial charge in [-0.3, -0.25) is 4.72 Å². The standard InChI is InChI=1S/C17H19N3O3S/c1-13(2)24(21,22)19-14-6-8-16(9-7-14)23-12-15-11-20-10-4-3-5-17(20)18-15/h3-11,13,19H,12H2,1-2H3. The van der Waals surface area contributed by atoms with Gasteiger partial charge in [0, 0.05) is 18.1 Å². The molecule has 0 aliphatic rings. The molecule has 0 bridgehead atoms. The van der Waals surface area contributed by atoms with Crippen molar-refractivity contribution >= 4 is 21.4 Å². The van der Waals surface area contributed by atoms with Gasteiger partial charge in [0.15, 0.2) is 0 Å². The monoisotopic (exact) mass is 345 g/mol. The third-order valence-corrected chi connectivity index (χ3v) is 5.30. The largest absolute Gasteiger partial charge is 0.487 e. The second-order valence-electron chi connectivity index (χ2n) is 5.71. The second kappa shape index (κ2) is 6.52. The summed E-state index contributed by atoms with van der Waals surface area (Å²) < 4.78 is 33.8. The Morgan fingerprint density at radius 3 is 2.58 bits per heavy atom. The lowest BCUT2D eigenvalue weighted by Crippen LogP contribution is -2.22. The summed E-state index contributed by atoms with van der Waals surface area (Å²) in [5.74, 6) is 0.652. The van der Waals surface area contributed by atoms with Crippen molar-refractivity contribution in [3.8, 4) is 5.75 Å². The summed E-state index contributed by atoms with van der Waals surface area (Å²) in [4.78, 5) is 4.46. The minimum absolute atomic E-state index is 0.346. The predicted molar refractivity (Wildman–Crippen MR) is 93.6 cm³/mol. The lowest BCUT2D eigenvalue weighted by molar-refractivity contribution is 0.302. The van der Waals surface area contributed by atoms with Crippen molar-refractivity contribution in [1.82, 2.24) is 9.38 Å². The van der Waals surface area contributed by atoms with E-state index in [1.807, 2.05) is 35.0 Å². The van der Waals surface area contributed by atoms with Gasteiger partial charge in [0.05, 0.1) is 10.9 Å². The maximum atomic E-state index is 11.8. The molecule has 0 fully saturated rings. The number of hydrogen-bond acceptors (Lipinski definition) is 4. The van der Waals surface area contributed by atoms with Gasteiger partial charge in [0.2, 0.25) is 10.0 Å². The topological polar surface area (TPSA) is 72.7 Å². The van der Waals surface area contributed by atoms with Crippen LogP contribution < -0.4 is 9.46 Å². The molecule has 0 saturated carbocycles. The van der Waals surface area contributed by atoms with E-state index in [0.29, 0.717) is 18.0 Å². The van der Waals surface area contributed by atoms with Crippen LogP contribution in [0.2, 0.25) is 0 Å². The molecule has 3 rings (SSSR count). The summed E-state index contributed by atoms with van der Waals surface area (Å²) in [5.41, 5.74) is 2.21. The number of anilines is 1. The Kier molecular flexibility index (Phi) is 4.44. The second-order valence-corrected chi connectivity index (χ2v) is 7.94. The highest BCUT2D eigenvalue weighted by atomic mass is 32.2. The fourth-order valence-corrected chi connectivity index (χ4v) is 2.82. The molecule has 0 atom stereocenters. The van der Waals surface area contributed by atoms with Gasteiger partial charge in [-0.25, -0.2) is 13.4 Å². The minimum Gasteiger partial charge on any atom is -0.487 e. The number of hydrogen-bond donors (Lipinski definition) is 1. The number of aromatic nitrogens is 2. The molecule has 0 radical (unpaired) electrons. The summed E-state index contributed by atoms with van der Waals surface area (Å²) in [6, 6.07) is 12.6. The Bertz CT molecular complexity index is 898. The fraction of sp³-hybridized carbons (Fsp3) is 0.235. The molecule has 0 saturated heterocycles. The van der Waals surface area contributed by atoms with Crippen LogP contribution in [0.1, 0.15) is 19.5 Å². The van der Waals surface area contributed by atoms with Crippen LogP contribution in [0.25, 0.3) is 5.65 Å². The first-order valence-corrected chi connectivity index (χ1v) is 9.16. The van der Waals surface area contributed by atoms with Crippen LogP contribution in [0, 0.1) is 0 Å². The van der Waals surface area contributed by atoms with Crippen LogP contribution >= 0.6 is 0 Å². The molecule has 7 heteroatoms. The molecule has 0 unspecified atom stereocenters. The van der Waals surface area contributed by atoms with Crippen molar-refractivity contribution in [3.05, 3.63) is 60.6 Å². The highest BCUT2D eigenvalue weighted by molar-refractivity contribution is 7.93. The average Bonchev–Trinajstić information content (AvgIpc) is 2.96. The number of nitrogens with one attached hydrogen (secondary N) is 1. The summed E-state index contributed by atoms with van der Waals surface area (Å²) in [7, 11) is -3.34. The number of fused-ring (bicyclic) bond motifs is 1. The molecule has 1 N–H and O–H groups in total. The number of nitrogens with zero attached hydrogens (tertiary/aromatic N) is 2. The van der Waals surface area contributed by atoms with Gasteiger partial charge in [-0.05, 0) is 50.2 Å². The van der Waals surface area contributed by atoms with E-state index < -0.39 is 15.3 Å². The van der Waals surface area contributed by atoms with Gasteiger partial charge in [-0.15, -0.1) is 0 Å². The van der Waals surface area contributed by atoms with Crippen molar-refractivity contribution in [1.29, 1.82) is 0 Å². The lowest BCUT2D eigenvalue weighted by Gasteiger charge is -2.11. The lowest BCUT2D eigenvalue weighted by atomic mass is 10.3. The van der Waals surface area contributed by atoms with Gasteiger partial charge in [0.25, 0.3) is 0 Å². The molecule has 1 aromatic carbocycles. The van der Waals surface area contributed by atoms with Crippen molar-refractivity contribution in [2.45, 2.75) is 25.7 Å². The van der Waals surface area contributed by atoms with Gasteiger partial charge < -0.3 is 9.14 Å². The number of benzene rings is 1. The smallest absolute Gasteiger partial charge is 0.235 e. The maximum Gasteiger partial charge on any atom is 0.235 e. The molecule has 0 aliphatic carbocycles. The van der Waals surface area contributed by atoms with Crippen LogP contribution in [0.5, 0.6) is 5.75 Å². The van der Waals surface area contributed by atoms with Crippen molar-refractivity contribution in [2.75, 3.05) is 4.72 Å². The highest BCUT2D eigenvalue weighted by Crippen LogP contribution is 2.19. The van der Waals surface area contributed by atoms with Gasteiger partial charge >= 0.3 is 0 Å². The maximum absolute atomic E-state index is 11.8. The third-order valence-electron chi connectivity index (χ3n) is 3.54. The van der Waals surface area contributed by atoms with Crippen LogP contribution in [-0.4, -0.2) is 23.1 Å². The summed E-state index contributed by atoms with van der Waals surface area (Å²) in [6.45, 7) is 3.61. The van der Waals surface area contributed by atoms with Crippen LogP contribution in [0.3, 0.4) is 0 Å². The van der Waals surface area contributed by atoms with E-state index in [2.05, 4.69) is 9.71 Å². The quantitative estimate of drug-likeness (QED) is 0.745. The summed E-state index contributed by atoms with van der Waals surface area (Å²) in [5, 5.41) is -0.483. The van der Waals surface area contributed by atoms with E-state index >= 15 is 0 Å². The van der Waals surface area contributed by atoms with Crippen molar-refractivity contribution < 1.29 is 13.2 Å². The molecule has 6 nitrogen and oxygen atoms in total. The first-order valence-electron chi connectivity index (χ1n) is 7.61. The Morgan fingerprint density at radius 2 is 1.92 bits per heavy atom. The number of imidazole rings is 1. The van der Waals surface area contributed by atoms with Crippen molar-refractivity contribution in [2.24, 2.45) is 0 Å². The van der Waals surface area contributed by atoms with Crippen LogP contribution in [0.15, 0.2) is 54.9 Å². The zero-order valence-electron chi connectivity index (χ0n) is 13.5. The van der Waals surface area contributed by atoms with Gasteiger partial charge in [-0.1, -0.05) is 6.07 Å². The van der Waals surface area contributed by atoms with E-state index in [-0.39, 0.29) is 0 Å². The summed E-state index contributed by atoms with van der Waals surface area (Å²) >= 11 is 0. The molecular weight excluding hydrogens is 326 g/mol. The average molecular weight is 345 g/mol. The van der Waals surface area contributed by atoms with E-state index in [1.54, 1.807) is 38.1 Å². The number of ether oxygens (including phenoxy) is 1. The Labute approximate surface area is 141 Å². The minimum atomic E-state index is -3.34. The molecule has 2 heterocycles. The molecule has 3 aromatic rings. The molecule has 2 aromatic heterocycles. The molecule has 24 heavy (non-hydrogen) atoms. The predicted octanol–water partition coefficient (Wildman–Crippen LogP) is 3.06. The van der Waals surface area contributed by atoms with Gasteiger partial charge in [-0.2, -0.15) is 0 Å². The molecule has 0 spiro atoms. The number of rotatable bonds is 6. The van der Waals surface area contributed by atoms with E-state index in [1.165, 1.54) is 0 Å². The first kappa shape index (κ1) is 16.3. The third kappa shape index (κ3) is 3.68. The fourth-order valence-electron chi connectivity index (χ4n) is 2.12. The van der Waals surface area contributed by atoms with E-state index in [9.17, 15) is 8.42 Å². The molecule has 0 amide bonds. The summed E-state index contributed by atoms with van der Waals surface area (Å²) in [6.07, 6.45) is 3.85. The van der Waals surface area contributed by atoms with Crippen LogP contribution in [0.4, 0.5) is 5.69 Å². The molecule has 0 aliphatic heterocycles. The number of pyridine rings is 1. The zero-order valence-corrected chi connectivity index (χ0v) is 14.3. The van der Waals surface area contributed by atoms with E-state index in [4.69, 9.17) is 4.74 Å². The Morgan fingerprint density at radius 1 is 1.17 bits per heavy atom. The van der Waals surface area contributed by atoms with E-state index in [0.717, 1.165) is 11.3 Å². The highest BCUT2D eigenvalue weighted by Gasteiger charge is 2.15. The van der Waals surface area contributed by atoms with Crippen LogP contribution in [-0.2, 0) is 16.6 Å². The molecular formula is C17H19N3O3S. The number of sulfonamides is 1. The first-order chi connectivity index (χ1) is 11.4. The zero-order chi connectivity index (χ0) is 17.2. The molecule has 126 valence electrons. The normalized spacial score (nSPS) is 11.8. The Hall–Kier alpha value is -2.54. The SMILES string of the molecule is CC(C)S(=O)(=O)Nc1ccc(OCc2cn3ccccc3n2)cc1.